The molecule has 0 aliphatic carbocycles. The van der Waals surface area contributed by atoms with Gasteiger partial charge in [-0.15, -0.1) is 0 Å². The second-order valence-electron chi connectivity index (χ2n) is 5.48. The van der Waals surface area contributed by atoms with E-state index < -0.39 is 5.76 Å². The third-order valence-corrected chi connectivity index (χ3v) is 3.80. The molecule has 1 aromatic carbocycles. The summed E-state index contributed by atoms with van der Waals surface area (Å²) in [4.78, 5) is 30.5. The molecule has 0 unspecified atom stereocenters. The average Bonchev–Trinajstić information content (AvgIpc) is 3.06. The number of rotatable bonds is 2. The second kappa shape index (κ2) is 5.05. The van der Waals surface area contributed by atoms with Gasteiger partial charge in [-0.1, -0.05) is 0 Å². The fourth-order valence-corrected chi connectivity index (χ4v) is 2.66. The van der Waals surface area contributed by atoms with E-state index in [4.69, 9.17) is 4.42 Å². The number of nitrogens with zero attached hydrogens (tertiary/aromatic N) is 3. The number of hydrogen-bond acceptors (Lipinski definition) is 5. The molecule has 0 aliphatic heterocycles. The number of anilines is 1. The van der Waals surface area contributed by atoms with Crippen molar-refractivity contribution in [2.45, 2.75) is 6.92 Å². The lowest BCUT2D eigenvalue weighted by Crippen LogP contribution is -2.12. The van der Waals surface area contributed by atoms with Crippen molar-refractivity contribution >= 4 is 33.7 Å². The Bertz CT molecular complexity index is 1150. The summed E-state index contributed by atoms with van der Waals surface area (Å²) in [6.45, 7) is 1.87. The third kappa shape index (κ3) is 2.24. The van der Waals surface area contributed by atoms with E-state index in [0.29, 0.717) is 22.4 Å². The molecule has 8 nitrogen and oxygen atoms in total. The predicted octanol–water partition coefficient (Wildman–Crippen LogP) is 1.96. The van der Waals surface area contributed by atoms with Crippen molar-refractivity contribution in [1.29, 1.82) is 0 Å². The highest BCUT2D eigenvalue weighted by Gasteiger charge is 2.12. The highest BCUT2D eigenvalue weighted by molar-refractivity contribution is 6.06. The maximum Gasteiger partial charge on any atom is 0.417 e. The minimum absolute atomic E-state index is 0.301. The lowest BCUT2D eigenvalue weighted by molar-refractivity contribution is 0.102. The van der Waals surface area contributed by atoms with Crippen molar-refractivity contribution < 1.29 is 9.21 Å². The first-order chi connectivity index (χ1) is 11.5. The Kier molecular flexibility index (Phi) is 2.99. The molecular weight excluding hydrogens is 310 g/mol. The Morgan fingerprint density at radius 1 is 1.33 bits per heavy atom. The Hall–Kier alpha value is -3.42. The summed E-state index contributed by atoms with van der Waals surface area (Å²) in [7, 11) is 1.81. The number of amides is 1. The second-order valence-corrected chi connectivity index (χ2v) is 5.48. The number of fused-ring (bicyclic) bond motifs is 2. The molecule has 1 amide bonds. The molecule has 3 aromatic heterocycles. The summed E-state index contributed by atoms with van der Waals surface area (Å²) in [6.07, 6.45) is 1.51. The monoisotopic (exact) mass is 323 g/mol. The van der Waals surface area contributed by atoms with E-state index in [1.54, 1.807) is 28.9 Å². The van der Waals surface area contributed by atoms with Gasteiger partial charge in [-0.2, -0.15) is 5.10 Å². The van der Waals surface area contributed by atoms with Crippen LogP contribution in [0.2, 0.25) is 0 Å². The Balaban J connectivity index is 1.67. The standard InChI is InChI=1S/C16H13N5O3/c1-8-11-5-9(7-17-14(11)21(2)20-8)15(22)18-10-3-4-12-13(6-10)24-16(23)19-12/h3-7H,1-2H3,(H,18,22)(H,19,23). The van der Waals surface area contributed by atoms with Gasteiger partial charge in [0, 0.05) is 30.4 Å². The molecule has 8 heteroatoms. The molecule has 0 spiro atoms. The van der Waals surface area contributed by atoms with Gasteiger partial charge < -0.3 is 9.73 Å². The summed E-state index contributed by atoms with van der Waals surface area (Å²) in [5.74, 6) is -0.833. The van der Waals surface area contributed by atoms with E-state index in [1.165, 1.54) is 6.20 Å². The number of carbonyl (C=O) groups is 1. The van der Waals surface area contributed by atoms with Crippen LogP contribution in [0.3, 0.4) is 0 Å². The van der Waals surface area contributed by atoms with Gasteiger partial charge in [-0.05, 0) is 25.1 Å². The Morgan fingerprint density at radius 2 is 2.17 bits per heavy atom. The molecule has 0 bridgehead atoms. The van der Waals surface area contributed by atoms with Gasteiger partial charge in [0.05, 0.1) is 16.8 Å². The summed E-state index contributed by atoms with van der Waals surface area (Å²) in [6, 6.07) is 6.71. The number of benzene rings is 1. The predicted molar refractivity (Wildman–Crippen MR) is 88.0 cm³/mol. The zero-order chi connectivity index (χ0) is 16.8. The van der Waals surface area contributed by atoms with E-state index in [2.05, 4.69) is 20.4 Å². The largest absolute Gasteiger partial charge is 0.417 e. The zero-order valence-electron chi connectivity index (χ0n) is 13.0. The fourth-order valence-electron chi connectivity index (χ4n) is 2.66. The maximum atomic E-state index is 12.4. The smallest absolute Gasteiger partial charge is 0.408 e. The maximum absolute atomic E-state index is 12.4. The van der Waals surface area contributed by atoms with Gasteiger partial charge >= 0.3 is 5.76 Å². The van der Waals surface area contributed by atoms with Gasteiger partial charge in [-0.25, -0.2) is 9.78 Å². The number of aromatic nitrogens is 4. The third-order valence-electron chi connectivity index (χ3n) is 3.80. The molecule has 0 aliphatic rings. The van der Waals surface area contributed by atoms with E-state index in [9.17, 15) is 9.59 Å². The van der Waals surface area contributed by atoms with Crippen LogP contribution in [0.4, 0.5) is 5.69 Å². The van der Waals surface area contributed by atoms with Gasteiger partial charge in [-0.3, -0.25) is 14.5 Å². The molecule has 3 heterocycles. The van der Waals surface area contributed by atoms with Crippen molar-refractivity contribution in [3.05, 3.63) is 52.3 Å². The van der Waals surface area contributed by atoms with Crippen LogP contribution in [0.15, 0.2) is 39.7 Å². The van der Waals surface area contributed by atoms with Gasteiger partial charge in [0.15, 0.2) is 11.2 Å². The number of aromatic amines is 1. The molecule has 0 radical (unpaired) electrons. The lowest BCUT2D eigenvalue weighted by Gasteiger charge is -2.05. The summed E-state index contributed by atoms with van der Waals surface area (Å²) >= 11 is 0. The molecule has 0 saturated heterocycles. The zero-order valence-corrected chi connectivity index (χ0v) is 13.0. The molecule has 0 saturated carbocycles. The van der Waals surface area contributed by atoms with Gasteiger partial charge in [0.25, 0.3) is 5.91 Å². The van der Waals surface area contributed by atoms with Crippen LogP contribution in [0.1, 0.15) is 16.1 Å². The van der Waals surface area contributed by atoms with E-state index in [1.807, 2.05) is 14.0 Å². The number of pyridine rings is 1. The minimum atomic E-state index is -0.532. The lowest BCUT2D eigenvalue weighted by atomic mass is 10.2. The quantitative estimate of drug-likeness (QED) is 0.586. The first-order valence-corrected chi connectivity index (χ1v) is 7.25. The number of oxazole rings is 1. The van der Waals surface area contributed by atoms with Crippen molar-refractivity contribution in [1.82, 2.24) is 19.7 Å². The molecule has 0 fully saturated rings. The normalized spacial score (nSPS) is 11.2. The molecule has 4 rings (SSSR count). The molecule has 24 heavy (non-hydrogen) atoms. The van der Waals surface area contributed by atoms with Crippen LogP contribution in [0.25, 0.3) is 22.1 Å². The van der Waals surface area contributed by atoms with Gasteiger partial charge in [0.2, 0.25) is 0 Å². The number of hydrogen-bond donors (Lipinski definition) is 2. The summed E-state index contributed by atoms with van der Waals surface area (Å²) in [5, 5.41) is 7.89. The van der Waals surface area contributed by atoms with Crippen molar-refractivity contribution in [2.24, 2.45) is 7.05 Å². The fraction of sp³-hybridized carbons (Fsp3) is 0.125. The molecule has 4 aromatic rings. The van der Waals surface area contributed by atoms with Crippen molar-refractivity contribution in [3.63, 3.8) is 0 Å². The average molecular weight is 323 g/mol. The number of aryl methyl sites for hydroxylation is 2. The highest BCUT2D eigenvalue weighted by atomic mass is 16.4. The SMILES string of the molecule is Cc1nn(C)c2ncc(C(=O)Nc3ccc4[nH]c(=O)oc4c3)cc12. The number of nitrogens with one attached hydrogen (secondary N) is 2. The van der Waals surface area contributed by atoms with E-state index in [-0.39, 0.29) is 5.91 Å². The molecular formula is C16H13N5O3. The molecule has 2 N–H and O–H groups in total. The number of H-pyrrole nitrogens is 1. The molecule has 120 valence electrons. The van der Waals surface area contributed by atoms with Crippen molar-refractivity contribution in [3.8, 4) is 0 Å². The summed E-state index contributed by atoms with van der Waals surface area (Å²) in [5.41, 5.74) is 3.44. The first-order valence-electron chi connectivity index (χ1n) is 7.25. The van der Waals surface area contributed by atoms with E-state index in [0.717, 1.165) is 16.7 Å². The number of carbonyl (C=O) groups excluding carboxylic acids is 1. The highest BCUT2D eigenvalue weighted by Crippen LogP contribution is 2.19. The van der Waals surface area contributed by atoms with Crippen LogP contribution in [0, 0.1) is 6.92 Å². The topological polar surface area (TPSA) is 106 Å². The minimum Gasteiger partial charge on any atom is -0.408 e. The van der Waals surface area contributed by atoms with Crippen LogP contribution >= 0.6 is 0 Å². The first kappa shape index (κ1) is 14.2. The van der Waals surface area contributed by atoms with Crippen LogP contribution in [-0.2, 0) is 7.05 Å². The van der Waals surface area contributed by atoms with Crippen LogP contribution in [-0.4, -0.2) is 25.7 Å². The Morgan fingerprint density at radius 3 is 3.00 bits per heavy atom. The molecule has 0 atom stereocenters. The van der Waals surface area contributed by atoms with E-state index >= 15 is 0 Å². The van der Waals surface area contributed by atoms with Gasteiger partial charge in [0.1, 0.15) is 0 Å². The summed E-state index contributed by atoms with van der Waals surface area (Å²) < 4.78 is 6.66. The van der Waals surface area contributed by atoms with Crippen LogP contribution in [0.5, 0.6) is 0 Å². The van der Waals surface area contributed by atoms with Crippen molar-refractivity contribution in [2.75, 3.05) is 5.32 Å². The Labute approximate surface area is 135 Å². The van der Waals surface area contributed by atoms with Crippen LogP contribution < -0.4 is 11.1 Å².